The first kappa shape index (κ1) is 15.1. The molecule has 1 nitrogen and oxygen atoms in total. The van der Waals surface area contributed by atoms with Crippen LogP contribution in [-0.2, 0) is 6.42 Å². The van der Waals surface area contributed by atoms with Crippen molar-refractivity contribution in [3.8, 4) is 0 Å². The third kappa shape index (κ3) is 3.07. The van der Waals surface area contributed by atoms with Crippen LogP contribution in [0.25, 0.3) is 0 Å². The fourth-order valence-electron chi connectivity index (χ4n) is 2.21. The quantitative estimate of drug-likeness (QED) is 0.864. The van der Waals surface area contributed by atoms with Gasteiger partial charge in [-0.15, -0.1) is 0 Å². The molecule has 0 aliphatic rings. The summed E-state index contributed by atoms with van der Waals surface area (Å²) >= 11 is 3.45. The van der Waals surface area contributed by atoms with Crippen molar-refractivity contribution in [2.24, 2.45) is 0 Å². The zero-order chi connectivity index (χ0) is 14.9. The predicted octanol–water partition coefficient (Wildman–Crippen LogP) is 4.62. The summed E-state index contributed by atoms with van der Waals surface area (Å²) in [5.41, 5.74) is 2.53. The van der Waals surface area contributed by atoms with Crippen molar-refractivity contribution in [1.29, 1.82) is 0 Å². The molecule has 0 fully saturated rings. The molecule has 0 aromatic heterocycles. The zero-order valence-corrected chi connectivity index (χ0v) is 12.8. The lowest BCUT2D eigenvalue weighted by atomic mass is 9.97. The molecule has 0 saturated carbocycles. The van der Waals surface area contributed by atoms with E-state index in [0.29, 0.717) is 5.56 Å². The van der Waals surface area contributed by atoms with E-state index in [1.807, 2.05) is 26.0 Å². The smallest absolute Gasteiger partial charge is 0.129 e. The molecule has 0 spiro atoms. The molecule has 0 bridgehead atoms. The van der Waals surface area contributed by atoms with Gasteiger partial charge in [0, 0.05) is 16.5 Å². The second kappa shape index (κ2) is 6.02. The Morgan fingerprint density at radius 3 is 2.10 bits per heavy atom. The monoisotopic (exact) mass is 340 g/mol. The lowest BCUT2D eigenvalue weighted by Crippen LogP contribution is -2.06. The fourth-order valence-corrected chi connectivity index (χ4v) is 2.44. The summed E-state index contributed by atoms with van der Waals surface area (Å²) in [7, 11) is 0. The van der Waals surface area contributed by atoms with Gasteiger partial charge in [0.2, 0.25) is 0 Å². The van der Waals surface area contributed by atoms with Gasteiger partial charge in [0.05, 0.1) is 6.10 Å². The molecule has 2 aromatic carbocycles. The lowest BCUT2D eigenvalue weighted by molar-refractivity contribution is 0.175. The molecule has 0 heterocycles. The highest BCUT2D eigenvalue weighted by atomic mass is 79.9. The van der Waals surface area contributed by atoms with Gasteiger partial charge >= 0.3 is 0 Å². The highest BCUT2D eigenvalue weighted by Crippen LogP contribution is 2.28. The van der Waals surface area contributed by atoms with Crippen LogP contribution in [0.15, 0.2) is 34.8 Å². The van der Waals surface area contributed by atoms with Crippen LogP contribution >= 0.6 is 15.9 Å². The molecule has 1 unspecified atom stereocenters. The molecular formula is C16H15BrF2O. The number of benzene rings is 2. The van der Waals surface area contributed by atoms with Crippen molar-refractivity contribution in [3.05, 3.63) is 68.7 Å². The van der Waals surface area contributed by atoms with Gasteiger partial charge in [-0.1, -0.05) is 34.1 Å². The van der Waals surface area contributed by atoms with Crippen LogP contribution in [0, 0.1) is 25.5 Å². The minimum Gasteiger partial charge on any atom is -0.388 e. The second-order valence-electron chi connectivity index (χ2n) is 4.89. The van der Waals surface area contributed by atoms with Crippen molar-refractivity contribution < 1.29 is 13.9 Å². The zero-order valence-electron chi connectivity index (χ0n) is 11.3. The Morgan fingerprint density at radius 2 is 1.60 bits per heavy atom. The van der Waals surface area contributed by atoms with E-state index in [9.17, 15) is 13.9 Å². The van der Waals surface area contributed by atoms with Crippen LogP contribution in [-0.4, -0.2) is 5.11 Å². The molecule has 0 radical (unpaired) electrons. The Bertz CT molecular complexity index is 597. The summed E-state index contributed by atoms with van der Waals surface area (Å²) in [4.78, 5) is 0. The van der Waals surface area contributed by atoms with Gasteiger partial charge < -0.3 is 5.11 Å². The van der Waals surface area contributed by atoms with E-state index in [4.69, 9.17) is 0 Å². The summed E-state index contributed by atoms with van der Waals surface area (Å²) < 4.78 is 28.2. The molecule has 2 rings (SSSR count). The average molecular weight is 341 g/mol. The molecule has 0 saturated heterocycles. The topological polar surface area (TPSA) is 20.2 Å². The predicted molar refractivity (Wildman–Crippen MR) is 78.6 cm³/mol. The Labute approximate surface area is 125 Å². The van der Waals surface area contributed by atoms with E-state index in [0.717, 1.165) is 15.6 Å². The number of aliphatic hydroxyl groups excluding tert-OH is 1. The van der Waals surface area contributed by atoms with Gasteiger partial charge in [-0.2, -0.15) is 0 Å². The molecule has 1 N–H and O–H groups in total. The molecule has 20 heavy (non-hydrogen) atoms. The third-order valence-corrected chi connectivity index (χ3v) is 4.55. The lowest BCUT2D eigenvalue weighted by Gasteiger charge is -2.15. The van der Waals surface area contributed by atoms with Gasteiger partial charge in [-0.3, -0.25) is 0 Å². The number of aliphatic hydroxyl groups is 1. The third-order valence-electron chi connectivity index (χ3n) is 3.30. The number of hydrogen-bond acceptors (Lipinski definition) is 1. The number of rotatable bonds is 3. The minimum atomic E-state index is -0.938. The van der Waals surface area contributed by atoms with Crippen molar-refractivity contribution in [1.82, 2.24) is 0 Å². The van der Waals surface area contributed by atoms with Gasteiger partial charge in [0.25, 0.3) is 0 Å². The van der Waals surface area contributed by atoms with E-state index in [2.05, 4.69) is 15.9 Å². The summed E-state index contributed by atoms with van der Waals surface area (Å²) in [5.74, 6) is -1.26. The average Bonchev–Trinajstić information content (AvgIpc) is 2.39. The fraction of sp³-hybridized carbons (Fsp3) is 0.250. The molecular weight excluding hydrogens is 326 g/mol. The van der Waals surface area contributed by atoms with Gasteiger partial charge in [-0.05, 0) is 42.7 Å². The normalized spacial score (nSPS) is 12.5. The molecule has 1 atom stereocenters. The Hall–Kier alpha value is -1.26. The Kier molecular flexibility index (Phi) is 4.55. The standard InChI is InChI=1S/C16H15BrF2O/c1-9-6-11(7-10(2)16(9)17)15(20)8-12-13(18)4-3-5-14(12)19/h3-7,15,20H,8H2,1-2H3. The van der Waals surface area contributed by atoms with E-state index < -0.39 is 17.7 Å². The van der Waals surface area contributed by atoms with Crippen molar-refractivity contribution in [2.75, 3.05) is 0 Å². The molecule has 2 aromatic rings. The molecule has 0 aliphatic carbocycles. The number of aryl methyl sites for hydroxylation is 2. The Balaban J connectivity index is 2.31. The van der Waals surface area contributed by atoms with Crippen molar-refractivity contribution in [2.45, 2.75) is 26.4 Å². The van der Waals surface area contributed by atoms with E-state index in [1.54, 1.807) is 0 Å². The first-order valence-corrected chi connectivity index (χ1v) is 7.07. The second-order valence-corrected chi connectivity index (χ2v) is 5.68. The molecule has 0 amide bonds. The van der Waals surface area contributed by atoms with Gasteiger partial charge in [0.15, 0.2) is 0 Å². The van der Waals surface area contributed by atoms with Crippen LogP contribution in [0.5, 0.6) is 0 Å². The van der Waals surface area contributed by atoms with Crippen LogP contribution in [0.3, 0.4) is 0 Å². The first-order valence-electron chi connectivity index (χ1n) is 6.27. The summed E-state index contributed by atoms with van der Waals surface area (Å²) in [6.45, 7) is 3.83. The highest BCUT2D eigenvalue weighted by molar-refractivity contribution is 9.10. The van der Waals surface area contributed by atoms with Crippen molar-refractivity contribution in [3.63, 3.8) is 0 Å². The largest absolute Gasteiger partial charge is 0.388 e. The van der Waals surface area contributed by atoms with Gasteiger partial charge in [0.1, 0.15) is 11.6 Å². The summed E-state index contributed by atoms with van der Waals surface area (Å²) in [5, 5.41) is 10.2. The van der Waals surface area contributed by atoms with E-state index in [-0.39, 0.29) is 12.0 Å². The van der Waals surface area contributed by atoms with E-state index >= 15 is 0 Å². The number of hydrogen-bond donors (Lipinski definition) is 1. The minimum absolute atomic E-state index is 0.0843. The Morgan fingerprint density at radius 1 is 1.10 bits per heavy atom. The first-order chi connectivity index (χ1) is 9.40. The van der Waals surface area contributed by atoms with Crippen LogP contribution < -0.4 is 0 Å². The van der Waals surface area contributed by atoms with Crippen LogP contribution in [0.2, 0.25) is 0 Å². The molecule has 4 heteroatoms. The highest BCUT2D eigenvalue weighted by Gasteiger charge is 2.16. The maximum Gasteiger partial charge on any atom is 0.129 e. The summed E-state index contributed by atoms with van der Waals surface area (Å²) in [6, 6.07) is 7.35. The van der Waals surface area contributed by atoms with Gasteiger partial charge in [-0.25, -0.2) is 8.78 Å². The summed E-state index contributed by atoms with van der Waals surface area (Å²) in [6.07, 6.45) is -1.02. The molecule has 106 valence electrons. The van der Waals surface area contributed by atoms with E-state index in [1.165, 1.54) is 18.2 Å². The maximum absolute atomic E-state index is 13.6. The number of halogens is 3. The van der Waals surface area contributed by atoms with Crippen LogP contribution in [0.1, 0.15) is 28.4 Å². The molecule has 0 aliphatic heterocycles. The van der Waals surface area contributed by atoms with Crippen molar-refractivity contribution >= 4 is 15.9 Å². The maximum atomic E-state index is 13.6. The SMILES string of the molecule is Cc1cc(C(O)Cc2c(F)cccc2F)cc(C)c1Br. The van der Waals surface area contributed by atoms with Crippen LogP contribution in [0.4, 0.5) is 8.78 Å².